The Hall–Kier alpha value is -2.70. The molecule has 0 unspecified atom stereocenters. The summed E-state index contributed by atoms with van der Waals surface area (Å²) < 4.78 is 1.99. The van der Waals surface area contributed by atoms with Gasteiger partial charge in [0.05, 0.1) is 6.54 Å². The van der Waals surface area contributed by atoms with Gasteiger partial charge in [0.1, 0.15) is 11.0 Å². The Labute approximate surface area is 178 Å². The molecule has 0 spiro atoms. The van der Waals surface area contributed by atoms with E-state index in [1.165, 1.54) is 0 Å². The lowest BCUT2D eigenvalue weighted by molar-refractivity contribution is 0.678. The first kappa shape index (κ1) is 19.6. The van der Waals surface area contributed by atoms with Crippen LogP contribution in [-0.2, 0) is 13.0 Å². The van der Waals surface area contributed by atoms with Gasteiger partial charge in [-0.15, -0.1) is 10.2 Å². The van der Waals surface area contributed by atoms with Gasteiger partial charge in [0.15, 0.2) is 5.15 Å². The maximum absolute atomic E-state index is 6.39. The highest BCUT2D eigenvalue weighted by molar-refractivity contribution is 6.40. The molecule has 0 atom stereocenters. The van der Waals surface area contributed by atoms with Crippen molar-refractivity contribution in [1.29, 1.82) is 0 Å². The Morgan fingerprint density at radius 2 is 1.76 bits per heavy atom. The molecule has 0 aliphatic rings. The maximum Gasteiger partial charge on any atom is 0.205 e. The molecule has 0 amide bonds. The minimum Gasteiger partial charge on any atom is -0.313 e. The Bertz CT molecular complexity index is 1090. The summed E-state index contributed by atoms with van der Waals surface area (Å²) in [6, 6.07) is 16.4. The second-order valence-corrected chi connectivity index (χ2v) is 7.49. The summed E-state index contributed by atoms with van der Waals surface area (Å²) in [5.41, 5.74) is 4.18. The van der Waals surface area contributed by atoms with Gasteiger partial charge in [-0.2, -0.15) is 5.21 Å². The second-order valence-electron chi connectivity index (χ2n) is 6.78. The van der Waals surface area contributed by atoms with Crippen LogP contribution in [-0.4, -0.2) is 30.2 Å². The molecule has 0 saturated heterocycles. The number of unbranched alkanes of at least 4 members (excludes halogenated alkanes) is 1. The van der Waals surface area contributed by atoms with Crippen LogP contribution in [0.15, 0.2) is 48.5 Å². The highest BCUT2D eigenvalue weighted by atomic mass is 35.5. The molecule has 0 saturated carbocycles. The van der Waals surface area contributed by atoms with Crippen molar-refractivity contribution in [3.8, 4) is 22.5 Å². The molecule has 148 valence electrons. The molecule has 0 radical (unpaired) electrons. The summed E-state index contributed by atoms with van der Waals surface area (Å²) in [6.45, 7) is 2.78. The van der Waals surface area contributed by atoms with E-state index in [1.807, 2.05) is 22.8 Å². The van der Waals surface area contributed by atoms with E-state index in [0.717, 1.165) is 47.3 Å². The molecule has 4 rings (SSSR count). The normalized spacial score (nSPS) is 11.1. The van der Waals surface area contributed by atoms with Gasteiger partial charge in [-0.25, -0.2) is 4.98 Å². The molecular weight excluding hydrogens is 407 g/mol. The molecule has 2 aromatic heterocycles. The molecule has 0 aliphatic heterocycles. The number of imidazole rings is 1. The minimum absolute atomic E-state index is 0.364. The number of halogens is 2. The van der Waals surface area contributed by atoms with Gasteiger partial charge in [-0.05, 0) is 28.3 Å². The summed E-state index contributed by atoms with van der Waals surface area (Å²) in [4.78, 5) is 4.42. The lowest BCUT2D eigenvalue weighted by Gasteiger charge is -2.11. The first-order valence-electron chi connectivity index (χ1n) is 9.50. The van der Waals surface area contributed by atoms with Crippen LogP contribution in [0.25, 0.3) is 22.5 Å². The number of aryl methyl sites for hydroxylation is 1. The van der Waals surface area contributed by atoms with Crippen molar-refractivity contribution in [1.82, 2.24) is 30.2 Å². The zero-order chi connectivity index (χ0) is 20.2. The van der Waals surface area contributed by atoms with Crippen molar-refractivity contribution < 1.29 is 0 Å². The molecule has 4 aromatic rings. The number of benzene rings is 2. The van der Waals surface area contributed by atoms with Crippen molar-refractivity contribution in [2.75, 3.05) is 0 Å². The van der Waals surface area contributed by atoms with Gasteiger partial charge in [-0.3, -0.25) is 0 Å². The standard InChI is InChI=1S/C21H20Cl2N6/c1-2-3-8-18-24-19(22)20(23)29(18)13-14-9-11-15(12-10-14)16-6-4-5-7-17(16)21-25-27-28-26-21/h4-7,9-12H,2-3,8,13H2,1H3,(H,25,26,27,28). The molecule has 1 N–H and O–H groups in total. The van der Waals surface area contributed by atoms with E-state index in [4.69, 9.17) is 23.2 Å². The Balaban J connectivity index is 1.61. The van der Waals surface area contributed by atoms with Crippen molar-refractivity contribution in [2.45, 2.75) is 32.7 Å². The topological polar surface area (TPSA) is 72.3 Å². The van der Waals surface area contributed by atoms with Crippen molar-refractivity contribution >= 4 is 23.2 Å². The molecule has 2 aromatic carbocycles. The van der Waals surface area contributed by atoms with E-state index in [9.17, 15) is 0 Å². The molecule has 0 fully saturated rings. The quantitative estimate of drug-likeness (QED) is 0.427. The largest absolute Gasteiger partial charge is 0.313 e. The predicted octanol–water partition coefficient (Wildman–Crippen LogP) is 5.43. The van der Waals surface area contributed by atoms with E-state index in [0.29, 0.717) is 22.7 Å². The van der Waals surface area contributed by atoms with Gasteiger partial charge >= 0.3 is 0 Å². The third-order valence-electron chi connectivity index (χ3n) is 4.82. The summed E-state index contributed by atoms with van der Waals surface area (Å²) in [7, 11) is 0. The lowest BCUT2D eigenvalue weighted by Crippen LogP contribution is -2.05. The van der Waals surface area contributed by atoms with Crippen LogP contribution >= 0.6 is 23.2 Å². The van der Waals surface area contributed by atoms with Crippen LogP contribution in [0.4, 0.5) is 0 Å². The van der Waals surface area contributed by atoms with E-state index < -0.39 is 0 Å². The SMILES string of the molecule is CCCCc1nc(Cl)c(Cl)n1Cc1ccc(-c2ccccc2-c2nn[nH]n2)cc1. The van der Waals surface area contributed by atoms with Gasteiger partial charge in [0.2, 0.25) is 5.82 Å². The molecule has 8 heteroatoms. The van der Waals surface area contributed by atoms with Gasteiger partial charge in [0, 0.05) is 12.0 Å². The number of hydrogen-bond acceptors (Lipinski definition) is 4. The Morgan fingerprint density at radius 1 is 1.00 bits per heavy atom. The average Bonchev–Trinajstić information content (AvgIpc) is 3.37. The molecule has 0 bridgehead atoms. The zero-order valence-corrected chi connectivity index (χ0v) is 17.5. The van der Waals surface area contributed by atoms with Crippen LogP contribution < -0.4 is 0 Å². The number of H-pyrrole nitrogens is 1. The first-order valence-corrected chi connectivity index (χ1v) is 10.3. The summed E-state index contributed by atoms with van der Waals surface area (Å²) >= 11 is 12.6. The maximum atomic E-state index is 6.39. The van der Waals surface area contributed by atoms with E-state index in [1.54, 1.807) is 0 Å². The number of nitrogens with one attached hydrogen (secondary N) is 1. The highest BCUT2D eigenvalue weighted by Crippen LogP contribution is 2.30. The molecule has 29 heavy (non-hydrogen) atoms. The molecular formula is C21H20Cl2N6. The number of tetrazole rings is 1. The van der Waals surface area contributed by atoms with Crippen molar-refractivity contribution in [3.05, 3.63) is 70.2 Å². The second kappa shape index (κ2) is 8.76. The Morgan fingerprint density at radius 3 is 2.45 bits per heavy atom. The van der Waals surface area contributed by atoms with E-state index in [2.05, 4.69) is 62.9 Å². The fourth-order valence-electron chi connectivity index (χ4n) is 3.31. The van der Waals surface area contributed by atoms with Crippen LogP contribution in [0, 0.1) is 0 Å². The van der Waals surface area contributed by atoms with Crippen molar-refractivity contribution in [2.24, 2.45) is 0 Å². The zero-order valence-electron chi connectivity index (χ0n) is 15.9. The fourth-order valence-corrected chi connectivity index (χ4v) is 3.71. The summed E-state index contributed by atoms with van der Waals surface area (Å²) in [5, 5.41) is 15.2. The fraction of sp³-hybridized carbons (Fsp3) is 0.238. The number of aromatic amines is 1. The number of nitrogens with zero attached hydrogens (tertiary/aromatic N) is 5. The number of rotatable bonds is 7. The van der Waals surface area contributed by atoms with Gasteiger partial charge < -0.3 is 4.57 Å². The summed E-state index contributed by atoms with van der Waals surface area (Å²) in [5.74, 6) is 1.50. The number of hydrogen-bond donors (Lipinski definition) is 1. The molecule has 6 nitrogen and oxygen atoms in total. The lowest BCUT2D eigenvalue weighted by atomic mass is 9.98. The third-order valence-corrected chi connectivity index (χ3v) is 5.56. The third kappa shape index (κ3) is 4.18. The molecule has 2 heterocycles. The minimum atomic E-state index is 0.364. The Kier molecular flexibility index (Phi) is 5.92. The molecule has 0 aliphatic carbocycles. The first-order chi connectivity index (χ1) is 14.2. The van der Waals surface area contributed by atoms with Crippen molar-refractivity contribution in [3.63, 3.8) is 0 Å². The van der Waals surface area contributed by atoms with Gasteiger partial charge in [0.25, 0.3) is 0 Å². The smallest absolute Gasteiger partial charge is 0.205 e. The van der Waals surface area contributed by atoms with Crippen LogP contribution in [0.3, 0.4) is 0 Å². The monoisotopic (exact) mass is 426 g/mol. The predicted molar refractivity (Wildman–Crippen MR) is 115 cm³/mol. The van der Waals surface area contributed by atoms with Crippen LogP contribution in [0.1, 0.15) is 31.2 Å². The summed E-state index contributed by atoms with van der Waals surface area (Å²) in [6.07, 6.45) is 3.01. The van der Waals surface area contributed by atoms with Crippen LogP contribution in [0.5, 0.6) is 0 Å². The number of aromatic nitrogens is 6. The van der Waals surface area contributed by atoms with E-state index in [-0.39, 0.29) is 0 Å². The van der Waals surface area contributed by atoms with E-state index >= 15 is 0 Å². The van der Waals surface area contributed by atoms with Crippen LogP contribution in [0.2, 0.25) is 10.3 Å². The highest BCUT2D eigenvalue weighted by Gasteiger charge is 2.15. The van der Waals surface area contributed by atoms with Gasteiger partial charge in [-0.1, -0.05) is 85.1 Å². The average molecular weight is 427 g/mol.